The first kappa shape index (κ1) is 12.2. The van der Waals surface area contributed by atoms with E-state index in [1.807, 2.05) is 36.4 Å². The minimum atomic E-state index is -0.906. The molecule has 3 heteroatoms. The van der Waals surface area contributed by atoms with Gasteiger partial charge in [0.05, 0.1) is 0 Å². The summed E-state index contributed by atoms with van der Waals surface area (Å²) in [5.41, 5.74) is 2.46. The van der Waals surface area contributed by atoms with E-state index in [4.69, 9.17) is 5.11 Å². The van der Waals surface area contributed by atoms with Gasteiger partial charge in [0.15, 0.2) is 0 Å². The molecule has 0 saturated heterocycles. The fourth-order valence-electron chi connectivity index (χ4n) is 2.00. The standard InChI is InChI=1S/C15H15NO2/c1-2-10-16-13(8-9-14(16)15(17)18)11-12-6-4-3-5-7-12/h2-9H,1,10-11H2,(H,17,18). The monoisotopic (exact) mass is 241 g/mol. The van der Waals surface area contributed by atoms with Crippen molar-refractivity contribution in [2.45, 2.75) is 13.0 Å². The molecule has 0 aliphatic rings. The van der Waals surface area contributed by atoms with E-state index in [0.29, 0.717) is 12.2 Å². The molecule has 0 amide bonds. The van der Waals surface area contributed by atoms with Crippen molar-refractivity contribution in [2.75, 3.05) is 0 Å². The van der Waals surface area contributed by atoms with E-state index < -0.39 is 5.97 Å². The Balaban J connectivity index is 2.33. The Morgan fingerprint density at radius 2 is 1.94 bits per heavy atom. The van der Waals surface area contributed by atoms with Crippen molar-refractivity contribution in [2.24, 2.45) is 0 Å². The number of carboxylic acid groups (broad SMARTS) is 1. The summed E-state index contributed by atoms with van der Waals surface area (Å²) < 4.78 is 1.78. The second kappa shape index (κ2) is 5.36. The van der Waals surface area contributed by atoms with Gasteiger partial charge >= 0.3 is 5.97 Å². The van der Waals surface area contributed by atoms with Crippen molar-refractivity contribution in [3.05, 3.63) is 72.1 Å². The molecule has 18 heavy (non-hydrogen) atoms. The van der Waals surface area contributed by atoms with Crippen LogP contribution in [0.2, 0.25) is 0 Å². The molecule has 0 fully saturated rings. The first-order valence-corrected chi connectivity index (χ1v) is 5.79. The van der Waals surface area contributed by atoms with Crippen molar-refractivity contribution in [1.29, 1.82) is 0 Å². The average Bonchev–Trinajstić information content (AvgIpc) is 2.74. The fraction of sp³-hybridized carbons (Fsp3) is 0.133. The summed E-state index contributed by atoms with van der Waals surface area (Å²) in [5.74, 6) is -0.906. The summed E-state index contributed by atoms with van der Waals surface area (Å²) in [6, 6.07) is 13.5. The SMILES string of the molecule is C=CCn1c(Cc2ccccc2)ccc1C(=O)O. The molecule has 0 saturated carbocycles. The predicted octanol–water partition coefficient (Wildman–Crippen LogP) is 2.96. The normalized spacial score (nSPS) is 10.2. The van der Waals surface area contributed by atoms with Gasteiger partial charge in [0.1, 0.15) is 5.69 Å². The average molecular weight is 241 g/mol. The van der Waals surface area contributed by atoms with Crippen LogP contribution < -0.4 is 0 Å². The smallest absolute Gasteiger partial charge is 0.352 e. The first-order valence-electron chi connectivity index (χ1n) is 5.79. The van der Waals surface area contributed by atoms with Gasteiger partial charge in [0.2, 0.25) is 0 Å². The van der Waals surface area contributed by atoms with E-state index in [1.54, 1.807) is 16.7 Å². The van der Waals surface area contributed by atoms with Crippen molar-refractivity contribution >= 4 is 5.97 Å². The lowest BCUT2D eigenvalue weighted by Gasteiger charge is -2.09. The number of rotatable bonds is 5. The van der Waals surface area contributed by atoms with Crippen molar-refractivity contribution in [3.63, 3.8) is 0 Å². The van der Waals surface area contributed by atoms with Crippen LogP contribution in [-0.4, -0.2) is 15.6 Å². The summed E-state index contributed by atoms with van der Waals surface area (Å²) in [4.78, 5) is 11.1. The molecule has 2 rings (SSSR count). The molecule has 0 unspecified atom stereocenters. The molecule has 0 spiro atoms. The number of benzene rings is 1. The Hall–Kier alpha value is -2.29. The van der Waals surface area contributed by atoms with Crippen LogP contribution in [0.4, 0.5) is 0 Å². The fourth-order valence-corrected chi connectivity index (χ4v) is 2.00. The molecule has 3 nitrogen and oxygen atoms in total. The molecule has 1 N–H and O–H groups in total. The van der Waals surface area contributed by atoms with Gasteiger partial charge in [-0.25, -0.2) is 4.79 Å². The third kappa shape index (κ3) is 2.51. The van der Waals surface area contributed by atoms with Crippen LogP contribution >= 0.6 is 0 Å². The van der Waals surface area contributed by atoms with Crippen LogP contribution in [0.15, 0.2) is 55.1 Å². The van der Waals surface area contributed by atoms with E-state index in [2.05, 4.69) is 6.58 Å². The molecule has 1 aromatic carbocycles. The van der Waals surface area contributed by atoms with E-state index in [0.717, 1.165) is 17.7 Å². The highest BCUT2D eigenvalue weighted by Crippen LogP contribution is 2.14. The lowest BCUT2D eigenvalue weighted by atomic mass is 10.1. The second-order valence-electron chi connectivity index (χ2n) is 4.08. The highest BCUT2D eigenvalue weighted by Gasteiger charge is 2.12. The van der Waals surface area contributed by atoms with Crippen LogP contribution in [0.25, 0.3) is 0 Å². The van der Waals surface area contributed by atoms with Crippen LogP contribution in [0.3, 0.4) is 0 Å². The third-order valence-electron chi connectivity index (χ3n) is 2.83. The van der Waals surface area contributed by atoms with Crippen LogP contribution in [0.5, 0.6) is 0 Å². The maximum atomic E-state index is 11.1. The number of aromatic carboxylic acids is 1. The van der Waals surface area contributed by atoms with E-state index in [1.165, 1.54) is 0 Å². The van der Waals surface area contributed by atoms with E-state index in [-0.39, 0.29) is 0 Å². The molecule has 0 aliphatic carbocycles. The van der Waals surface area contributed by atoms with Crippen molar-refractivity contribution in [3.8, 4) is 0 Å². The minimum absolute atomic E-state index is 0.306. The van der Waals surface area contributed by atoms with Gasteiger partial charge in [0, 0.05) is 18.7 Å². The molecule has 2 aromatic rings. The Bertz CT molecular complexity index is 555. The molecule has 92 valence electrons. The van der Waals surface area contributed by atoms with Crippen LogP contribution in [-0.2, 0) is 13.0 Å². The lowest BCUT2D eigenvalue weighted by Crippen LogP contribution is -2.10. The second-order valence-corrected chi connectivity index (χ2v) is 4.08. The van der Waals surface area contributed by atoms with Crippen molar-refractivity contribution in [1.82, 2.24) is 4.57 Å². The molecule has 0 aliphatic heterocycles. The third-order valence-corrected chi connectivity index (χ3v) is 2.83. The maximum absolute atomic E-state index is 11.1. The number of hydrogen-bond acceptors (Lipinski definition) is 1. The number of carboxylic acids is 1. The van der Waals surface area contributed by atoms with Crippen LogP contribution in [0.1, 0.15) is 21.7 Å². The highest BCUT2D eigenvalue weighted by atomic mass is 16.4. The summed E-state index contributed by atoms with van der Waals surface area (Å²) in [5, 5.41) is 9.12. The number of nitrogens with zero attached hydrogens (tertiary/aromatic N) is 1. The summed E-state index contributed by atoms with van der Waals surface area (Å²) in [6.07, 6.45) is 2.43. The van der Waals surface area contributed by atoms with E-state index in [9.17, 15) is 4.79 Å². The molecule has 0 radical (unpaired) electrons. The van der Waals surface area contributed by atoms with Gasteiger partial charge < -0.3 is 9.67 Å². The van der Waals surface area contributed by atoms with Crippen LogP contribution in [0, 0.1) is 0 Å². The van der Waals surface area contributed by atoms with E-state index >= 15 is 0 Å². The Labute approximate surface area is 106 Å². The minimum Gasteiger partial charge on any atom is -0.477 e. The summed E-state index contributed by atoms with van der Waals surface area (Å²) in [7, 11) is 0. The molecule has 1 heterocycles. The summed E-state index contributed by atoms with van der Waals surface area (Å²) >= 11 is 0. The van der Waals surface area contributed by atoms with Crippen molar-refractivity contribution < 1.29 is 9.90 Å². The lowest BCUT2D eigenvalue weighted by molar-refractivity contribution is 0.0685. The Morgan fingerprint density at radius 3 is 2.56 bits per heavy atom. The van der Waals surface area contributed by atoms with Gasteiger partial charge in [-0.15, -0.1) is 6.58 Å². The number of hydrogen-bond donors (Lipinski definition) is 1. The molecule has 0 atom stereocenters. The largest absolute Gasteiger partial charge is 0.477 e. The van der Waals surface area contributed by atoms with Gasteiger partial charge in [-0.1, -0.05) is 36.4 Å². The number of aromatic nitrogens is 1. The molecular formula is C15H15NO2. The number of carbonyl (C=O) groups is 1. The zero-order valence-corrected chi connectivity index (χ0v) is 10.0. The highest BCUT2D eigenvalue weighted by molar-refractivity contribution is 5.86. The first-order chi connectivity index (χ1) is 8.72. The van der Waals surface area contributed by atoms with Gasteiger partial charge in [-0.2, -0.15) is 0 Å². The Kier molecular flexibility index (Phi) is 3.63. The van der Waals surface area contributed by atoms with Gasteiger partial charge in [-0.05, 0) is 17.7 Å². The topological polar surface area (TPSA) is 42.2 Å². The quantitative estimate of drug-likeness (QED) is 0.818. The molecule has 0 bridgehead atoms. The predicted molar refractivity (Wildman–Crippen MR) is 70.8 cm³/mol. The zero-order chi connectivity index (χ0) is 13.0. The Morgan fingerprint density at radius 1 is 1.22 bits per heavy atom. The van der Waals surface area contributed by atoms with Gasteiger partial charge in [0.25, 0.3) is 0 Å². The zero-order valence-electron chi connectivity index (χ0n) is 10.0. The van der Waals surface area contributed by atoms with Gasteiger partial charge in [-0.3, -0.25) is 0 Å². The summed E-state index contributed by atoms with van der Waals surface area (Å²) in [6.45, 7) is 4.18. The molecular weight excluding hydrogens is 226 g/mol. The molecule has 1 aromatic heterocycles. The maximum Gasteiger partial charge on any atom is 0.352 e. The number of allylic oxidation sites excluding steroid dienone is 1.